The summed E-state index contributed by atoms with van der Waals surface area (Å²) in [5.74, 6) is 0. The highest BCUT2D eigenvalue weighted by Crippen LogP contribution is 2.14. The molecule has 0 aliphatic heterocycles. The summed E-state index contributed by atoms with van der Waals surface area (Å²) < 4.78 is 2.09. The highest BCUT2D eigenvalue weighted by atomic mass is 15.0. The number of aromatic nitrogens is 2. The molecule has 2 aromatic heterocycles. The zero-order chi connectivity index (χ0) is 9.84. The number of hydrogen-bond acceptors (Lipinski definition) is 1. The van der Waals surface area contributed by atoms with Crippen LogP contribution in [-0.4, -0.2) is 9.55 Å². The first-order valence-electron chi connectivity index (χ1n) is 4.66. The second kappa shape index (κ2) is 4.08. The number of rotatable bonds is 0. The fraction of sp³-hybridized carbons (Fsp3) is 0.364. The van der Waals surface area contributed by atoms with Crippen LogP contribution in [0, 0.1) is 6.92 Å². The summed E-state index contributed by atoms with van der Waals surface area (Å²) >= 11 is 0. The summed E-state index contributed by atoms with van der Waals surface area (Å²) in [4.78, 5) is 4.26. The van der Waals surface area contributed by atoms with Crippen LogP contribution < -0.4 is 0 Å². The molecule has 2 aromatic rings. The maximum absolute atomic E-state index is 4.26. The smallest absolute Gasteiger partial charge is 0.139 e. The Morgan fingerprint density at radius 1 is 1.31 bits per heavy atom. The van der Waals surface area contributed by atoms with Crippen molar-refractivity contribution in [2.75, 3.05) is 0 Å². The predicted molar refractivity (Wildman–Crippen MR) is 56.8 cm³/mol. The third kappa shape index (κ3) is 1.72. The summed E-state index contributed by atoms with van der Waals surface area (Å²) in [6, 6.07) is 6.18. The average Bonchev–Trinajstić information content (AvgIpc) is 2.47. The normalized spacial score (nSPS) is 9.54. The molecule has 0 unspecified atom stereocenters. The summed E-state index contributed by atoms with van der Waals surface area (Å²) in [5, 5.41) is 1.22. The van der Waals surface area contributed by atoms with Crippen LogP contribution in [0.15, 0.2) is 24.4 Å². The second-order valence-electron chi connectivity index (χ2n) is 2.76. The summed E-state index contributed by atoms with van der Waals surface area (Å²) in [6.07, 6.45) is 1.82. The molecule has 0 aliphatic carbocycles. The van der Waals surface area contributed by atoms with Crippen molar-refractivity contribution in [3.8, 4) is 0 Å². The molecule has 0 bridgehead atoms. The average molecular weight is 176 g/mol. The fourth-order valence-corrected chi connectivity index (χ4v) is 1.29. The first-order valence-corrected chi connectivity index (χ1v) is 4.66. The van der Waals surface area contributed by atoms with Gasteiger partial charge in [0.2, 0.25) is 0 Å². The van der Waals surface area contributed by atoms with Gasteiger partial charge in [-0.2, -0.15) is 0 Å². The third-order valence-electron chi connectivity index (χ3n) is 2.03. The molecule has 13 heavy (non-hydrogen) atoms. The molecule has 0 saturated heterocycles. The number of fused-ring (bicyclic) bond motifs is 1. The Hall–Kier alpha value is -1.31. The van der Waals surface area contributed by atoms with Gasteiger partial charge in [0.05, 0.1) is 0 Å². The van der Waals surface area contributed by atoms with Crippen LogP contribution in [-0.2, 0) is 7.05 Å². The molecule has 2 heterocycles. The number of hydrogen-bond donors (Lipinski definition) is 0. The van der Waals surface area contributed by atoms with Crippen molar-refractivity contribution in [1.29, 1.82) is 0 Å². The molecule has 0 N–H and O–H groups in total. The minimum Gasteiger partial charge on any atom is -0.333 e. The van der Waals surface area contributed by atoms with Crippen molar-refractivity contribution in [2.45, 2.75) is 20.8 Å². The predicted octanol–water partition coefficient (Wildman–Crippen LogP) is 2.91. The standard InChI is InChI=1S/C9H10N2.C2H6/c1-7-6-8-4-3-5-10-9(8)11(7)2;1-2/h3-6H,1-2H3;1-2H3. The number of nitrogens with zero attached hydrogens (tertiary/aromatic N) is 2. The van der Waals surface area contributed by atoms with E-state index in [0.717, 1.165) is 5.65 Å². The first kappa shape index (κ1) is 9.78. The molecule has 0 spiro atoms. The van der Waals surface area contributed by atoms with E-state index in [2.05, 4.69) is 28.6 Å². The Morgan fingerprint density at radius 2 is 2.00 bits per heavy atom. The van der Waals surface area contributed by atoms with Crippen molar-refractivity contribution in [2.24, 2.45) is 7.05 Å². The molecule has 2 nitrogen and oxygen atoms in total. The molecule has 0 amide bonds. The zero-order valence-electron chi connectivity index (χ0n) is 8.70. The first-order chi connectivity index (χ1) is 6.29. The van der Waals surface area contributed by atoms with E-state index < -0.39 is 0 Å². The maximum Gasteiger partial charge on any atom is 0.139 e. The molecular formula is C11H16N2. The molecule has 70 valence electrons. The lowest BCUT2D eigenvalue weighted by molar-refractivity contribution is 0.902. The van der Waals surface area contributed by atoms with Crippen molar-refractivity contribution < 1.29 is 0 Å². The fourth-order valence-electron chi connectivity index (χ4n) is 1.29. The Morgan fingerprint density at radius 3 is 2.62 bits per heavy atom. The lowest BCUT2D eigenvalue weighted by Gasteiger charge is -1.95. The van der Waals surface area contributed by atoms with Gasteiger partial charge in [-0.05, 0) is 25.1 Å². The van der Waals surface area contributed by atoms with Crippen molar-refractivity contribution >= 4 is 11.0 Å². The summed E-state index contributed by atoms with van der Waals surface area (Å²) in [7, 11) is 2.03. The van der Waals surface area contributed by atoms with Crippen molar-refractivity contribution in [1.82, 2.24) is 9.55 Å². The van der Waals surface area contributed by atoms with E-state index in [-0.39, 0.29) is 0 Å². The van der Waals surface area contributed by atoms with Gasteiger partial charge < -0.3 is 4.57 Å². The van der Waals surface area contributed by atoms with Gasteiger partial charge in [-0.15, -0.1) is 0 Å². The Bertz CT molecular complexity index is 388. The molecule has 0 radical (unpaired) electrons. The van der Waals surface area contributed by atoms with Crippen LogP contribution in [0.5, 0.6) is 0 Å². The van der Waals surface area contributed by atoms with Gasteiger partial charge in [-0.1, -0.05) is 13.8 Å². The lowest BCUT2D eigenvalue weighted by Crippen LogP contribution is -1.90. The van der Waals surface area contributed by atoms with Crippen LogP contribution in [0.3, 0.4) is 0 Å². The van der Waals surface area contributed by atoms with Crippen LogP contribution in [0.2, 0.25) is 0 Å². The van der Waals surface area contributed by atoms with Gasteiger partial charge in [-0.3, -0.25) is 0 Å². The summed E-state index contributed by atoms with van der Waals surface area (Å²) in [6.45, 7) is 6.08. The van der Waals surface area contributed by atoms with Gasteiger partial charge in [-0.25, -0.2) is 4.98 Å². The van der Waals surface area contributed by atoms with Gasteiger partial charge in [0.15, 0.2) is 0 Å². The van der Waals surface area contributed by atoms with Crippen LogP contribution in [0.4, 0.5) is 0 Å². The van der Waals surface area contributed by atoms with E-state index in [0.29, 0.717) is 0 Å². The van der Waals surface area contributed by atoms with E-state index in [1.165, 1.54) is 11.1 Å². The third-order valence-corrected chi connectivity index (χ3v) is 2.03. The molecule has 0 saturated carbocycles. The SMILES string of the molecule is CC.Cc1cc2cccnc2n1C. The Balaban J connectivity index is 0.000000396. The lowest BCUT2D eigenvalue weighted by atomic mass is 10.3. The topological polar surface area (TPSA) is 17.8 Å². The molecule has 0 fully saturated rings. The monoisotopic (exact) mass is 176 g/mol. The highest BCUT2D eigenvalue weighted by Gasteiger charge is 1.99. The van der Waals surface area contributed by atoms with Crippen molar-refractivity contribution in [3.05, 3.63) is 30.1 Å². The van der Waals surface area contributed by atoms with E-state index >= 15 is 0 Å². The van der Waals surface area contributed by atoms with Gasteiger partial charge in [0.25, 0.3) is 0 Å². The van der Waals surface area contributed by atoms with Gasteiger partial charge in [0, 0.05) is 24.3 Å². The molecule has 2 rings (SSSR count). The molecule has 0 aliphatic rings. The quantitative estimate of drug-likeness (QED) is 0.603. The van der Waals surface area contributed by atoms with Crippen LogP contribution >= 0.6 is 0 Å². The summed E-state index contributed by atoms with van der Waals surface area (Å²) in [5.41, 5.74) is 2.31. The molecule has 2 heteroatoms. The van der Waals surface area contributed by atoms with E-state index in [1.54, 1.807) is 0 Å². The van der Waals surface area contributed by atoms with Gasteiger partial charge >= 0.3 is 0 Å². The minimum atomic E-state index is 1.06. The number of aryl methyl sites for hydroxylation is 2. The van der Waals surface area contributed by atoms with E-state index in [4.69, 9.17) is 0 Å². The minimum absolute atomic E-state index is 1.06. The Kier molecular flexibility index (Phi) is 3.07. The van der Waals surface area contributed by atoms with Gasteiger partial charge in [0.1, 0.15) is 5.65 Å². The Labute approximate surface area is 79.2 Å². The maximum atomic E-state index is 4.26. The zero-order valence-corrected chi connectivity index (χ0v) is 8.70. The molecule has 0 atom stereocenters. The second-order valence-corrected chi connectivity index (χ2v) is 2.76. The van der Waals surface area contributed by atoms with E-state index in [1.807, 2.05) is 33.2 Å². The number of pyridine rings is 1. The van der Waals surface area contributed by atoms with Crippen LogP contribution in [0.25, 0.3) is 11.0 Å². The largest absolute Gasteiger partial charge is 0.333 e. The van der Waals surface area contributed by atoms with E-state index in [9.17, 15) is 0 Å². The highest BCUT2D eigenvalue weighted by molar-refractivity contribution is 5.76. The van der Waals surface area contributed by atoms with Crippen molar-refractivity contribution in [3.63, 3.8) is 0 Å². The van der Waals surface area contributed by atoms with Crippen LogP contribution in [0.1, 0.15) is 19.5 Å². The molecule has 0 aromatic carbocycles. The molecular weight excluding hydrogens is 160 g/mol.